The van der Waals surface area contributed by atoms with Gasteiger partial charge in [0.25, 0.3) is 0 Å². The standard InChI is InChI=1S/C28H41ClN2/c1-28(2)21-31(17-16-27(28)24-12-14-25(29)15-13-24)20-26(18-22-8-4-3-5-9-22)30-19-23-10-6-7-11-23/h3-5,8-9,12-14,23,25-27,30H,6-7,10-11,15-21H2,1-2H3/t25?,26-,27?/m1/s1. The van der Waals surface area contributed by atoms with Gasteiger partial charge in [0.15, 0.2) is 0 Å². The van der Waals surface area contributed by atoms with Crippen LogP contribution in [0.25, 0.3) is 0 Å². The fourth-order valence-corrected chi connectivity index (χ4v) is 6.23. The van der Waals surface area contributed by atoms with Crippen molar-refractivity contribution in [2.24, 2.45) is 17.3 Å². The van der Waals surface area contributed by atoms with Crippen LogP contribution in [0.5, 0.6) is 0 Å². The molecule has 1 saturated heterocycles. The normalized spacial score (nSPS) is 27.9. The van der Waals surface area contributed by atoms with E-state index in [-0.39, 0.29) is 10.8 Å². The van der Waals surface area contributed by atoms with Gasteiger partial charge in [-0.25, -0.2) is 0 Å². The van der Waals surface area contributed by atoms with E-state index in [1.54, 1.807) is 0 Å². The molecule has 0 bridgehead atoms. The third-order valence-electron chi connectivity index (χ3n) is 7.76. The first-order valence-electron chi connectivity index (χ1n) is 12.5. The van der Waals surface area contributed by atoms with E-state index >= 15 is 0 Å². The molecular weight excluding hydrogens is 400 g/mol. The molecule has 2 unspecified atom stereocenters. The van der Waals surface area contributed by atoms with E-state index in [0.29, 0.717) is 12.0 Å². The predicted molar refractivity (Wildman–Crippen MR) is 134 cm³/mol. The number of nitrogens with one attached hydrogen (secondary N) is 1. The van der Waals surface area contributed by atoms with Crippen LogP contribution >= 0.6 is 11.6 Å². The third-order valence-corrected chi connectivity index (χ3v) is 8.08. The second-order valence-electron chi connectivity index (χ2n) is 10.8. The molecule has 2 aliphatic carbocycles. The highest BCUT2D eigenvalue weighted by atomic mass is 35.5. The predicted octanol–water partition coefficient (Wildman–Crippen LogP) is 6.22. The van der Waals surface area contributed by atoms with Crippen LogP contribution in [0.2, 0.25) is 0 Å². The van der Waals surface area contributed by atoms with Crippen LogP contribution in [0.4, 0.5) is 0 Å². The summed E-state index contributed by atoms with van der Waals surface area (Å²) in [6.07, 6.45) is 15.9. The van der Waals surface area contributed by atoms with Gasteiger partial charge < -0.3 is 10.2 Å². The van der Waals surface area contributed by atoms with Crippen molar-refractivity contribution in [1.29, 1.82) is 0 Å². The fraction of sp³-hybridized carbons (Fsp3) is 0.643. The van der Waals surface area contributed by atoms with Crippen LogP contribution < -0.4 is 5.32 Å². The number of halogens is 1. The summed E-state index contributed by atoms with van der Waals surface area (Å²) in [5.41, 5.74) is 3.26. The van der Waals surface area contributed by atoms with Gasteiger partial charge in [0.2, 0.25) is 0 Å². The van der Waals surface area contributed by atoms with Crippen molar-refractivity contribution in [2.45, 2.75) is 70.2 Å². The second kappa shape index (κ2) is 10.7. The minimum Gasteiger partial charge on any atom is -0.312 e. The molecule has 3 atom stereocenters. The van der Waals surface area contributed by atoms with Gasteiger partial charge in [-0.2, -0.15) is 0 Å². The van der Waals surface area contributed by atoms with Gasteiger partial charge in [0.1, 0.15) is 0 Å². The Morgan fingerprint density at radius 1 is 1.13 bits per heavy atom. The zero-order valence-electron chi connectivity index (χ0n) is 19.5. The van der Waals surface area contributed by atoms with Crippen LogP contribution in [-0.4, -0.2) is 42.5 Å². The van der Waals surface area contributed by atoms with E-state index in [4.69, 9.17) is 11.6 Å². The monoisotopic (exact) mass is 440 g/mol. The summed E-state index contributed by atoms with van der Waals surface area (Å²) in [7, 11) is 0. The molecule has 1 N–H and O–H groups in total. The minimum absolute atomic E-state index is 0.177. The van der Waals surface area contributed by atoms with E-state index in [9.17, 15) is 0 Å². The van der Waals surface area contributed by atoms with E-state index in [1.165, 1.54) is 62.9 Å². The van der Waals surface area contributed by atoms with Gasteiger partial charge in [0.05, 0.1) is 5.38 Å². The third kappa shape index (κ3) is 6.46. The van der Waals surface area contributed by atoms with Crippen LogP contribution in [0.1, 0.15) is 57.9 Å². The molecule has 1 saturated carbocycles. The number of piperidine rings is 1. The first-order valence-corrected chi connectivity index (χ1v) is 13.0. The van der Waals surface area contributed by atoms with Crippen LogP contribution in [0.15, 0.2) is 54.1 Å². The quantitative estimate of drug-likeness (QED) is 0.482. The average molecular weight is 441 g/mol. The summed E-state index contributed by atoms with van der Waals surface area (Å²) < 4.78 is 0. The number of rotatable bonds is 8. The molecule has 2 fully saturated rings. The van der Waals surface area contributed by atoms with Crippen molar-refractivity contribution >= 4 is 11.6 Å². The Morgan fingerprint density at radius 3 is 2.58 bits per heavy atom. The molecular formula is C28H41ClN2. The van der Waals surface area contributed by atoms with Gasteiger partial charge >= 0.3 is 0 Å². The smallest absolute Gasteiger partial charge is 0.0553 e. The summed E-state index contributed by atoms with van der Waals surface area (Å²) in [4.78, 5) is 2.73. The molecule has 1 aliphatic heterocycles. The number of alkyl halides is 1. The molecule has 170 valence electrons. The number of hydrogen-bond donors (Lipinski definition) is 1. The maximum absolute atomic E-state index is 6.27. The van der Waals surface area contributed by atoms with Crippen molar-refractivity contribution in [3.63, 3.8) is 0 Å². The zero-order valence-corrected chi connectivity index (χ0v) is 20.3. The molecule has 31 heavy (non-hydrogen) atoms. The minimum atomic E-state index is 0.177. The largest absolute Gasteiger partial charge is 0.312 e. The van der Waals surface area contributed by atoms with Crippen LogP contribution in [0.3, 0.4) is 0 Å². The molecule has 2 nitrogen and oxygen atoms in total. The summed E-state index contributed by atoms with van der Waals surface area (Å²) >= 11 is 6.27. The van der Waals surface area contributed by atoms with Gasteiger partial charge in [-0.1, -0.05) is 75.2 Å². The van der Waals surface area contributed by atoms with E-state index in [0.717, 1.165) is 25.3 Å². The Balaban J connectivity index is 1.37. The number of allylic oxidation sites excluding steroid dienone is 4. The Morgan fingerprint density at radius 2 is 1.90 bits per heavy atom. The highest BCUT2D eigenvalue weighted by molar-refractivity contribution is 6.22. The lowest BCUT2D eigenvalue weighted by atomic mass is 9.69. The topological polar surface area (TPSA) is 15.3 Å². The molecule has 0 spiro atoms. The average Bonchev–Trinajstić information content (AvgIpc) is 3.27. The van der Waals surface area contributed by atoms with Gasteiger partial charge in [-0.15, -0.1) is 11.6 Å². The first-order chi connectivity index (χ1) is 15.0. The second-order valence-corrected chi connectivity index (χ2v) is 11.4. The van der Waals surface area contributed by atoms with Crippen molar-refractivity contribution in [1.82, 2.24) is 10.2 Å². The van der Waals surface area contributed by atoms with Crippen LogP contribution in [0, 0.1) is 17.3 Å². The molecule has 0 radical (unpaired) electrons. The van der Waals surface area contributed by atoms with E-state index in [2.05, 4.69) is 72.6 Å². The Kier molecular flexibility index (Phi) is 7.96. The van der Waals surface area contributed by atoms with E-state index in [1.807, 2.05) is 0 Å². The maximum atomic E-state index is 6.27. The lowest BCUT2D eigenvalue weighted by Gasteiger charge is -2.46. The SMILES string of the molecule is CC1(C)CN(C[C@@H](Cc2ccccc2)NCC2CCCC2)CCC1C1=CCC(Cl)C=C1. The lowest BCUT2D eigenvalue weighted by molar-refractivity contribution is 0.0672. The molecule has 4 rings (SSSR count). The summed E-state index contributed by atoms with van der Waals surface area (Å²) in [6.45, 7) is 9.63. The number of nitrogens with zero attached hydrogens (tertiary/aromatic N) is 1. The summed E-state index contributed by atoms with van der Waals surface area (Å²) in [5.74, 6) is 1.53. The summed E-state index contributed by atoms with van der Waals surface area (Å²) in [6, 6.07) is 11.6. The Labute approximate surface area is 195 Å². The van der Waals surface area contributed by atoms with Crippen molar-refractivity contribution in [2.75, 3.05) is 26.2 Å². The van der Waals surface area contributed by atoms with Gasteiger partial charge in [-0.3, -0.25) is 0 Å². The first kappa shape index (κ1) is 23.1. The molecule has 1 aromatic rings. The molecule has 1 aromatic carbocycles. The number of benzene rings is 1. The van der Waals surface area contributed by atoms with E-state index < -0.39 is 0 Å². The van der Waals surface area contributed by atoms with Gasteiger partial charge in [0, 0.05) is 19.1 Å². The lowest BCUT2D eigenvalue weighted by Crippen LogP contribution is -2.51. The highest BCUT2D eigenvalue weighted by Gasteiger charge is 2.38. The van der Waals surface area contributed by atoms with Crippen molar-refractivity contribution in [3.05, 3.63) is 59.7 Å². The highest BCUT2D eigenvalue weighted by Crippen LogP contribution is 2.41. The van der Waals surface area contributed by atoms with Crippen LogP contribution in [-0.2, 0) is 6.42 Å². The number of likely N-dealkylation sites (tertiary alicyclic amines) is 1. The van der Waals surface area contributed by atoms with Crippen molar-refractivity contribution in [3.8, 4) is 0 Å². The maximum Gasteiger partial charge on any atom is 0.0553 e. The van der Waals surface area contributed by atoms with Crippen molar-refractivity contribution < 1.29 is 0 Å². The molecule has 1 heterocycles. The Bertz CT molecular complexity index is 748. The molecule has 3 aliphatic rings. The molecule has 3 heteroatoms. The fourth-order valence-electron chi connectivity index (χ4n) is 6.07. The molecule has 0 aromatic heterocycles. The summed E-state index contributed by atoms with van der Waals surface area (Å²) in [5, 5.41) is 4.16. The molecule has 0 amide bonds. The van der Waals surface area contributed by atoms with Gasteiger partial charge in [-0.05, 0) is 73.6 Å². The number of hydrogen-bond acceptors (Lipinski definition) is 2. The zero-order chi connectivity index (χ0) is 21.7. The Hall–Kier alpha value is -1.09.